The van der Waals surface area contributed by atoms with Crippen molar-refractivity contribution < 1.29 is 9.53 Å². The van der Waals surface area contributed by atoms with Gasteiger partial charge >= 0.3 is 5.97 Å². The van der Waals surface area contributed by atoms with Crippen LogP contribution in [0.25, 0.3) is 20.9 Å². The van der Waals surface area contributed by atoms with E-state index in [-0.39, 0.29) is 5.70 Å². The molecule has 0 aromatic heterocycles. The Morgan fingerprint density at radius 1 is 1.30 bits per heavy atom. The number of azide groups is 2. The summed E-state index contributed by atoms with van der Waals surface area (Å²) in [6, 6.07) is 6.44. The van der Waals surface area contributed by atoms with Crippen molar-refractivity contribution in [1.29, 1.82) is 0 Å². The molecular weight excluding hydrogens is 260 g/mol. The van der Waals surface area contributed by atoms with E-state index in [0.29, 0.717) is 5.56 Å². The maximum absolute atomic E-state index is 11.4. The van der Waals surface area contributed by atoms with Crippen molar-refractivity contribution in [2.45, 2.75) is 13.0 Å². The molecule has 1 aromatic rings. The topological polar surface area (TPSA) is 124 Å². The second-order valence-corrected chi connectivity index (χ2v) is 3.79. The van der Waals surface area contributed by atoms with Crippen LogP contribution in [0.4, 0.5) is 0 Å². The number of aryl methyl sites for hydroxylation is 1. The highest BCUT2D eigenvalue weighted by Gasteiger charge is 2.13. The van der Waals surface area contributed by atoms with Crippen LogP contribution in [0.5, 0.6) is 0 Å². The fraction of sp³-hybridized carbons (Fsp3) is 0.250. The van der Waals surface area contributed by atoms with Crippen LogP contribution in [-0.2, 0) is 9.53 Å². The number of benzene rings is 1. The van der Waals surface area contributed by atoms with Gasteiger partial charge in [-0.15, -0.1) is 0 Å². The van der Waals surface area contributed by atoms with Crippen molar-refractivity contribution in [1.82, 2.24) is 0 Å². The lowest BCUT2D eigenvalue weighted by molar-refractivity contribution is -0.136. The minimum absolute atomic E-state index is 0.257. The third kappa shape index (κ3) is 4.06. The van der Waals surface area contributed by atoms with E-state index < -0.39 is 12.0 Å². The summed E-state index contributed by atoms with van der Waals surface area (Å²) >= 11 is 0. The summed E-state index contributed by atoms with van der Waals surface area (Å²) in [6.07, 6.45) is 1.26. The third-order valence-corrected chi connectivity index (χ3v) is 2.46. The normalized spacial score (nSPS) is 11.8. The van der Waals surface area contributed by atoms with Gasteiger partial charge in [0.25, 0.3) is 0 Å². The number of carbonyl (C=O) groups is 1. The Kier molecular flexibility index (Phi) is 5.65. The average molecular weight is 272 g/mol. The SMILES string of the molecule is COC(=O)/C(=C/C(N=[N+]=[N-])c1ccc(C)cc1)N=[N+]=[N-]. The second-order valence-electron chi connectivity index (χ2n) is 3.79. The first kappa shape index (κ1) is 15.1. The largest absolute Gasteiger partial charge is 0.466 e. The highest BCUT2D eigenvalue weighted by molar-refractivity contribution is 5.88. The second kappa shape index (κ2) is 7.48. The number of hydrogen-bond donors (Lipinski definition) is 0. The van der Waals surface area contributed by atoms with E-state index in [0.717, 1.165) is 12.7 Å². The van der Waals surface area contributed by atoms with Crippen molar-refractivity contribution >= 4 is 5.97 Å². The molecule has 8 nitrogen and oxygen atoms in total. The van der Waals surface area contributed by atoms with Crippen LogP contribution in [0, 0.1) is 6.92 Å². The summed E-state index contributed by atoms with van der Waals surface area (Å²) in [4.78, 5) is 16.7. The number of hydrogen-bond acceptors (Lipinski definition) is 4. The molecular formula is C12H12N6O2. The summed E-state index contributed by atoms with van der Waals surface area (Å²) in [7, 11) is 1.16. The Balaban J connectivity index is 3.25. The number of nitrogens with zero attached hydrogens (tertiary/aromatic N) is 6. The summed E-state index contributed by atoms with van der Waals surface area (Å²) in [6.45, 7) is 1.92. The lowest BCUT2D eigenvalue weighted by Crippen LogP contribution is -2.04. The lowest BCUT2D eigenvalue weighted by Gasteiger charge is -2.08. The molecule has 0 bridgehead atoms. The molecule has 0 saturated heterocycles. The first-order valence-corrected chi connectivity index (χ1v) is 5.58. The molecule has 1 aromatic carbocycles. The lowest BCUT2D eigenvalue weighted by atomic mass is 10.0. The Labute approximate surface area is 114 Å². The molecule has 0 saturated carbocycles. The summed E-state index contributed by atoms with van der Waals surface area (Å²) in [5.41, 5.74) is 18.5. The van der Waals surface area contributed by atoms with Gasteiger partial charge in [-0.05, 0) is 23.5 Å². The van der Waals surface area contributed by atoms with Gasteiger partial charge in [-0.2, -0.15) is 0 Å². The van der Waals surface area contributed by atoms with Crippen molar-refractivity contribution in [2.75, 3.05) is 7.11 Å². The monoisotopic (exact) mass is 272 g/mol. The van der Waals surface area contributed by atoms with E-state index in [1.54, 1.807) is 12.1 Å². The standard InChI is InChI=1S/C12H12N6O2/c1-8-3-5-9(6-4-8)10(15-17-13)7-11(16-18-14)12(19)20-2/h3-7,10H,1-2H3/b11-7-. The van der Waals surface area contributed by atoms with E-state index in [2.05, 4.69) is 24.8 Å². The Bertz CT molecular complexity index is 609. The van der Waals surface area contributed by atoms with Crippen LogP contribution in [0.3, 0.4) is 0 Å². The van der Waals surface area contributed by atoms with Gasteiger partial charge in [-0.25, -0.2) is 4.79 Å². The van der Waals surface area contributed by atoms with Gasteiger partial charge in [0.15, 0.2) is 0 Å². The Morgan fingerprint density at radius 3 is 2.45 bits per heavy atom. The minimum atomic E-state index is -0.798. The van der Waals surface area contributed by atoms with Crippen LogP contribution in [0.2, 0.25) is 0 Å². The fourth-order valence-electron chi connectivity index (χ4n) is 1.46. The molecule has 0 heterocycles. The molecule has 8 heteroatoms. The van der Waals surface area contributed by atoms with Gasteiger partial charge < -0.3 is 4.74 Å². The molecule has 102 valence electrons. The number of ether oxygens (including phenoxy) is 1. The third-order valence-electron chi connectivity index (χ3n) is 2.46. The fourth-order valence-corrected chi connectivity index (χ4v) is 1.46. The molecule has 1 atom stereocenters. The van der Waals surface area contributed by atoms with E-state index in [9.17, 15) is 4.79 Å². The Morgan fingerprint density at radius 2 is 1.95 bits per heavy atom. The molecule has 0 aliphatic rings. The van der Waals surface area contributed by atoms with Crippen LogP contribution in [-0.4, -0.2) is 13.1 Å². The predicted octanol–water partition coefficient (Wildman–Crippen LogP) is 3.71. The van der Waals surface area contributed by atoms with E-state index in [1.165, 1.54) is 6.08 Å². The van der Waals surface area contributed by atoms with Crippen molar-refractivity contribution in [2.24, 2.45) is 10.2 Å². The zero-order valence-corrected chi connectivity index (χ0v) is 11.0. The van der Waals surface area contributed by atoms with Crippen molar-refractivity contribution in [3.05, 3.63) is 68.1 Å². The number of rotatable bonds is 5. The highest BCUT2D eigenvalue weighted by Crippen LogP contribution is 2.22. The zero-order valence-electron chi connectivity index (χ0n) is 11.0. The van der Waals surface area contributed by atoms with Gasteiger partial charge in [0.2, 0.25) is 0 Å². The first-order valence-electron chi connectivity index (χ1n) is 5.58. The van der Waals surface area contributed by atoms with E-state index >= 15 is 0 Å². The predicted molar refractivity (Wildman–Crippen MR) is 72.3 cm³/mol. The average Bonchev–Trinajstić information content (AvgIpc) is 2.46. The molecule has 0 aliphatic heterocycles. The van der Waals surface area contributed by atoms with Gasteiger partial charge in [-0.1, -0.05) is 46.1 Å². The number of methoxy groups -OCH3 is 1. The molecule has 0 fully saturated rings. The quantitative estimate of drug-likeness (QED) is 0.266. The van der Waals surface area contributed by atoms with Crippen LogP contribution < -0.4 is 0 Å². The van der Waals surface area contributed by atoms with Gasteiger partial charge in [-0.3, -0.25) is 0 Å². The molecule has 1 rings (SSSR count). The van der Waals surface area contributed by atoms with Crippen LogP contribution in [0.1, 0.15) is 17.2 Å². The molecule has 1 unspecified atom stereocenters. The zero-order chi connectivity index (χ0) is 15.0. The smallest absolute Gasteiger partial charge is 0.339 e. The maximum atomic E-state index is 11.4. The van der Waals surface area contributed by atoms with E-state index in [1.807, 2.05) is 19.1 Å². The highest BCUT2D eigenvalue weighted by atomic mass is 16.5. The maximum Gasteiger partial charge on any atom is 0.339 e. The van der Waals surface area contributed by atoms with Crippen LogP contribution in [0.15, 0.2) is 46.3 Å². The van der Waals surface area contributed by atoms with Crippen molar-refractivity contribution in [3.63, 3.8) is 0 Å². The molecule has 20 heavy (non-hydrogen) atoms. The van der Waals surface area contributed by atoms with Crippen molar-refractivity contribution in [3.8, 4) is 0 Å². The molecule has 0 aliphatic carbocycles. The summed E-state index contributed by atoms with van der Waals surface area (Å²) in [5, 5.41) is 6.82. The van der Waals surface area contributed by atoms with Gasteiger partial charge in [0.1, 0.15) is 5.70 Å². The summed E-state index contributed by atoms with van der Waals surface area (Å²) < 4.78 is 4.49. The summed E-state index contributed by atoms with van der Waals surface area (Å²) in [5.74, 6) is -0.798. The Hall–Kier alpha value is -2.95. The van der Waals surface area contributed by atoms with Gasteiger partial charge in [0.05, 0.1) is 13.2 Å². The molecule has 0 radical (unpaired) electrons. The minimum Gasteiger partial charge on any atom is -0.466 e. The first-order chi connectivity index (χ1) is 9.62. The number of esters is 1. The molecule has 0 N–H and O–H groups in total. The van der Waals surface area contributed by atoms with Crippen LogP contribution >= 0.6 is 0 Å². The molecule has 0 spiro atoms. The number of carbonyl (C=O) groups excluding carboxylic acids is 1. The molecule has 0 amide bonds. The van der Waals surface area contributed by atoms with Gasteiger partial charge in [0, 0.05) is 9.82 Å². The van der Waals surface area contributed by atoms with E-state index in [4.69, 9.17) is 11.1 Å².